The van der Waals surface area contributed by atoms with Gasteiger partial charge in [-0.25, -0.2) is 0 Å². The first-order valence-electron chi connectivity index (χ1n) is 7.23. The Bertz CT molecular complexity index is 678. The number of nitrogens with zero attached hydrogens (tertiary/aromatic N) is 2. The van der Waals surface area contributed by atoms with Crippen LogP contribution in [0.25, 0.3) is 6.08 Å². The Balaban J connectivity index is 2.48. The van der Waals surface area contributed by atoms with E-state index in [4.69, 9.17) is 4.74 Å². The number of nitrogens with one attached hydrogen (secondary N) is 1. The van der Waals surface area contributed by atoms with Gasteiger partial charge in [-0.05, 0) is 30.2 Å². The largest absolute Gasteiger partial charge is 0.504 e. The van der Waals surface area contributed by atoms with Crippen molar-refractivity contribution in [1.82, 2.24) is 5.32 Å². The van der Waals surface area contributed by atoms with E-state index in [1.54, 1.807) is 6.07 Å². The molecule has 0 heterocycles. The molecule has 0 aliphatic rings. The molecule has 1 rings (SSSR count). The number of phenols is 1. The van der Waals surface area contributed by atoms with Crippen molar-refractivity contribution >= 4 is 12.0 Å². The molecule has 0 spiro atoms. The standard InChI is InChI=1S/C14H17N3O9/c1-24-13-8-10(2-4-12(13)18)3-5-14(19)15-7-6-11(26-17(22)23)9-25-16(20)21/h2-5,8,11,18H,6-7,9H2,1H3,(H,15,19). The van der Waals surface area contributed by atoms with Gasteiger partial charge in [0.1, 0.15) is 12.7 Å². The van der Waals surface area contributed by atoms with Gasteiger partial charge in [-0.15, -0.1) is 20.2 Å². The molecule has 12 nitrogen and oxygen atoms in total. The topological polar surface area (TPSA) is 163 Å². The van der Waals surface area contributed by atoms with E-state index in [2.05, 4.69) is 15.0 Å². The molecule has 142 valence electrons. The van der Waals surface area contributed by atoms with Gasteiger partial charge >= 0.3 is 0 Å². The van der Waals surface area contributed by atoms with Gasteiger partial charge in [0.25, 0.3) is 10.2 Å². The second kappa shape index (κ2) is 10.3. The zero-order chi connectivity index (χ0) is 19.5. The Morgan fingerprint density at radius 1 is 1.35 bits per heavy atom. The van der Waals surface area contributed by atoms with Crippen LogP contribution in [0.5, 0.6) is 11.5 Å². The summed E-state index contributed by atoms with van der Waals surface area (Å²) in [6, 6.07) is 4.50. The number of methoxy groups -OCH3 is 1. The Morgan fingerprint density at radius 3 is 2.69 bits per heavy atom. The van der Waals surface area contributed by atoms with Gasteiger partial charge in [-0.2, -0.15) is 0 Å². The minimum absolute atomic E-state index is 0.0261. The summed E-state index contributed by atoms with van der Waals surface area (Å²) in [6.07, 6.45) is 1.42. The van der Waals surface area contributed by atoms with Crippen LogP contribution in [0.1, 0.15) is 12.0 Å². The molecule has 1 amide bonds. The minimum atomic E-state index is -1.19. The smallest absolute Gasteiger partial charge is 0.294 e. The summed E-state index contributed by atoms with van der Waals surface area (Å²) in [5.74, 6) is -0.284. The SMILES string of the molecule is COc1cc(C=CC(=O)NCCC(CO[N+](=O)[O-])O[N+](=O)[O-])ccc1O. The highest BCUT2D eigenvalue weighted by Gasteiger charge is 2.15. The van der Waals surface area contributed by atoms with Gasteiger partial charge in [0.15, 0.2) is 11.5 Å². The summed E-state index contributed by atoms with van der Waals surface area (Å²) in [5.41, 5.74) is 0.601. The molecule has 12 heteroatoms. The fourth-order valence-electron chi connectivity index (χ4n) is 1.82. The minimum Gasteiger partial charge on any atom is -0.504 e. The molecule has 26 heavy (non-hydrogen) atoms. The fourth-order valence-corrected chi connectivity index (χ4v) is 1.82. The summed E-state index contributed by atoms with van der Waals surface area (Å²) in [4.78, 5) is 40.4. The van der Waals surface area contributed by atoms with Crippen molar-refractivity contribution in [3.05, 3.63) is 50.1 Å². The van der Waals surface area contributed by atoms with Gasteiger partial charge in [0.2, 0.25) is 5.91 Å². The monoisotopic (exact) mass is 371 g/mol. The molecule has 0 aliphatic heterocycles. The number of aromatic hydroxyl groups is 1. The average Bonchev–Trinajstić information content (AvgIpc) is 2.58. The van der Waals surface area contributed by atoms with Gasteiger partial charge < -0.3 is 24.8 Å². The van der Waals surface area contributed by atoms with E-state index in [9.17, 15) is 30.1 Å². The zero-order valence-corrected chi connectivity index (χ0v) is 13.7. The molecular weight excluding hydrogens is 354 g/mol. The first-order valence-corrected chi connectivity index (χ1v) is 7.23. The molecule has 0 saturated carbocycles. The van der Waals surface area contributed by atoms with E-state index in [1.165, 1.54) is 31.4 Å². The normalized spacial score (nSPS) is 11.6. The van der Waals surface area contributed by atoms with Crippen LogP contribution in [0.3, 0.4) is 0 Å². The van der Waals surface area contributed by atoms with Crippen molar-refractivity contribution in [1.29, 1.82) is 0 Å². The molecule has 1 aromatic rings. The Morgan fingerprint density at radius 2 is 2.08 bits per heavy atom. The molecule has 1 atom stereocenters. The van der Waals surface area contributed by atoms with Gasteiger partial charge in [0.05, 0.1) is 7.11 Å². The lowest BCUT2D eigenvalue weighted by atomic mass is 10.2. The highest BCUT2D eigenvalue weighted by atomic mass is 17.0. The Kier molecular flexibility index (Phi) is 8.13. The maximum Gasteiger partial charge on any atom is 0.294 e. The van der Waals surface area contributed by atoms with Gasteiger partial charge in [-0.1, -0.05) is 6.07 Å². The predicted octanol–water partition coefficient (Wildman–Crippen LogP) is 0.706. The number of rotatable bonds is 11. The molecule has 0 aromatic heterocycles. The quantitative estimate of drug-likeness (QED) is 0.324. The first-order chi connectivity index (χ1) is 12.3. The van der Waals surface area contributed by atoms with Crippen molar-refractivity contribution in [3.8, 4) is 11.5 Å². The van der Waals surface area contributed by atoms with Crippen molar-refractivity contribution in [2.24, 2.45) is 0 Å². The third-order valence-electron chi connectivity index (χ3n) is 3.00. The third kappa shape index (κ3) is 7.81. The number of phenolic OH excluding ortho intramolecular Hbond substituents is 1. The number of hydrogen-bond donors (Lipinski definition) is 2. The van der Waals surface area contributed by atoms with E-state index in [0.717, 1.165) is 0 Å². The summed E-state index contributed by atoms with van der Waals surface area (Å²) in [7, 11) is 1.39. The molecule has 0 aliphatic carbocycles. The van der Waals surface area contributed by atoms with Crippen molar-refractivity contribution in [2.45, 2.75) is 12.5 Å². The van der Waals surface area contributed by atoms with E-state index in [-0.39, 0.29) is 24.5 Å². The van der Waals surface area contributed by atoms with Crippen molar-refractivity contribution < 1.29 is 34.5 Å². The summed E-state index contributed by atoms with van der Waals surface area (Å²) < 4.78 is 4.94. The molecule has 0 radical (unpaired) electrons. The van der Waals surface area contributed by atoms with Crippen molar-refractivity contribution in [3.63, 3.8) is 0 Å². The van der Waals surface area contributed by atoms with Crippen LogP contribution < -0.4 is 10.1 Å². The number of carbonyl (C=O) groups excluding carboxylic acids is 1. The van der Waals surface area contributed by atoms with E-state index in [0.29, 0.717) is 5.56 Å². The second-order valence-electron chi connectivity index (χ2n) is 4.81. The van der Waals surface area contributed by atoms with Crippen LogP contribution in [-0.4, -0.2) is 47.6 Å². The summed E-state index contributed by atoms with van der Waals surface area (Å²) >= 11 is 0. The zero-order valence-electron chi connectivity index (χ0n) is 13.7. The van der Waals surface area contributed by atoms with E-state index < -0.39 is 28.8 Å². The fraction of sp³-hybridized carbons (Fsp3) is 0.357. The summed E-state index contributed by atoms with van der Waals surface area (Å²) in [6.45, 7) is -0.658. The molecule has 2 N–H and O–H groups in total. The van der Waals surface area contributed by atoms with Crippen LogP contribution >= 0.6 is 0 Å². The van der Waals surface area contributed by atoms with Crippen LogP contribution in [0.2, 0.25) is 0 Å². The van der Waals surface area contributed by atoms with Crippen molar-refractivity contribution in [2.75, 3.05) is 20.3 Å². The maximum atomic E-state index is 11.7. The highest BCUT2D eigenvalue weighted by molar-refractivity contribution is 5.91. The number of ether oxygens (including phenoxy) is 1. The lowest BCUT2D eigenvalue weighted by Crippen LogP contribution is -2.31. The third-order valence-corrected chi connectivity index (χ3v) is 3.00. The number of hydrogen-bond acceptors (Lipinski definition) is 9. The molecule has 0 fully saturated rings. The second-order valence-corrected chi connectivity index (χ2v) is 4.81. The maximum absolute atomic E-state index is 11.7. The molecule has 0 saturated heterocycles. The predicted molar refractivity (Wildman–Crippen MR) is 86.1 cm³/mol. The van der Waals surface area contributed by atoms with Gasteiger partial charge in [0, 0.05) is 12.6 Å². The number of carbonyl (C=O) groups is 1. The average molecular weight is 371 g/mol. The van der Waals surface area contributed by atoms with Crippen LogP contribution in [0.15, 0.2) is 24.3 Å². The Labute approximate surface area is 147 Å². The lowest BCUT2D eigenvalue weighted by Gasteiger charge is -2.13. The van der Waals surface area contributed by atoms with E-state index in [1.807, 2.05) is 0 Å². The molecular formula is C14H17N3O9. The highest BCUT2D eigenvalue weighted by Crippen LogP contribution is 2.26. The first kappa shape index (κ1) is 20.5. The summed E-state index contributed by atoms with van der Waals surface area (Å²) in [5, 5.41) is 30.2. The number of benzene rings is 1. The van der Waals surface area contributed by atoms with Gasteiger partial charge in [-0.3, -0.25) is 4.79 Å². The lowest BCUT2D eigenvalue weighted by molar-refractivity contribution is -0.790. The van der Waals surface area contributed by atoms with Crippen LogP contribution in [0.4, 0.5) is 0 Å². The molecule has 1 aromatic carbocycles. The Hall–Kier alpha value is -3.57. The molecule has 0 bridgehead atoms. The van der Waals surface area contributed by atoms with E-state index >= 15 is 0 Å². The molecule has 1 unspecified atom stereocenters. The van der Waals surface area contributed by atoms with Crippen LogP contribution in [-0.2, 0) is 14.5 Å². The number of amides is 1. The van der Waals surface area contributed by atoms with Crippen LogP contribution in [0, 0.1) is 20.2 Å².